The Bertz CT molecular complexity index is 1080. The van der Waals surface area contributed by atoms with Gasteiger partial charge in [-0.1, -0.05) is 46.3 Å². The van der Waals surface area contributed by atoms with Crippen molar-refractivity contribution in [2.45, 2.75) is 32.0 Å². The van der Waals surface area contributed by atoms with Gasteiger partial charge in [-0.3, -0.25) is 19.1 Å². The Morgan fingerprint density at radius 1 is 1.28 bits per heavy atom. The largest absolute Gasteiger partial charge is 0.350 e. The highest BCUT2D eigenvalue weighted by Gasteiger charge is 2.27. The van der Waals surface area contributed by atoms with Crippen molar-refractivity contribution in [2.24, 2.45) is 0 Å². The minimum absolute atomic E-state index is 0.0287. The lowest BCUT2D eigenvalue weighted by Gasteiger charge is -2.24. The van der Waals surface area contributed by atoms with Crippen molar-refractivity contribution in [1.29, 1.82) is 0 Å². The molecule has 1 aliphatic heterocycles. The Hall–Kier alpha value is -2.51. The van der Waals surface area contributed by atoms with E-state index in [0.29, 0.717) is 16.9 Å². The molecule has 2 unspecified atom stereocenters. The van der Waals surface area contributed by atoms with Crippen molar-refractivity contribution in [3.05, 3.63) is 75.2 Å². The van der Waals surface area contributed by atoms with Crippen molar-refractivity contribution in [2.75, 3.05) is 13.1 Å². The molecule has 3 aromatic rings. The van der Waals surface area contributed by atoms with Gasteiger partial charge in [-0.15, -0.1) is 0 Å². The van der Waals surface area contributed by atoms with Gasteiger partial charge in [0.25, 0.3) is 5.56 Å². The molecule has 0 bridgehead atoms. The zero-order valence-corrected chi connectivity index (χ0v) is 17.8. The lowest BCUT2D eigenvalue weighted by Crippen LogP contribution is -2.40. The molecule has 1 N–H and O–H groups in total. The summed E-state index contributed by atoms with van der Waals surface area (Å²) in [6, 6.07) is 16.1. The van der Waals surface area contributed by atoms with E-state index < -0.39 is 0 Å². The van der Waals surface area contributed by atoms with Gasteiger partial charge >= 0.3 is 0 Å². The maximum absolute atomic E-state index is 12.7. The summed E-state index contributed by atoms with van der Waals surface area (Å²) in [6.07, 6.45) is 2.34. The van der Waals surface area contributed by atoms with E-state index in [0.717, 1.165) is 24.0 Å². The highest BCUT2D eigenvalue weighted by Crippen LogP contribution is 2.24. The van der Waals surface area contributed by atoms with E-state index in [1.807, 2.05) is 12.1 Å². The van der Waals surface area contributed by atoms with E-state index >= 15 is 0 Å². The molecule has 1 aliphatic rings. The van der Waals surface area contributed by atoms with E-state index in [-0.39, 0.29) is 24.1 Å². The summed E-state index contributed by atoms with van der Waals surface area (Å²) in [5.41, 5.74) is 1.69. The van der Waals surface area contributed by atoms with E-state index in [9.17, 15) is 9.59 Å². The molecule has 1 fully saturated rings. The number of fused-ring (bicyclic) bond motifs is 1. The standard InChI is InChI=1S/C22H23BrN4O2/c1-15(16-5-3-2-4-6-16)26-10-9-18(12-26)25-21(28)13-27-14-24-20-8-7-17(23)11-19(20)22(27)29/h2-8,11,14-15,18H,9-10,12-13H2,1H3,(H,25,28). The third-order valence-electron chi connectivity index (χ3n) is 5.51. The topological polar surface area (TPSA) is 67.2 Å². The Labute approximate surface area is 177 Å². The summed E-state index contributed by atoms with van der Waals surface area (Å²) in [6.45, 7) is 3.91. The van der Waals surface area contributed by atoms with Crippen LogP contribution >= 0.6 is 15.9 Å². The number of carbonyl (C=O) groups is 1. The molecular weight excluding hydrogens is 432 g/mol. The van der Waals surface area contributed by atoms with Crippen LogP contribution in [0.25, 0.3) is 10.9 Å². The van der Waals surface area contributed by atoms with Gasteiger partial charge in [-0.2, -0.15) is 0 Å². The van der Waals surface area contributed by atoms with Gasteiger partial charge in [-0.25, -0.2) is 4.98 Å². The number of amides is 1. The fourth-order valence-electron chi connectivity index (χ4n) is 3.87. The molecule has 0 spiro atoms. The molecule has 1 aromatic heterocycles. The number of halogens is 1. The Balaban J connectivity index is 1.39. The maximum atomic E-state index is 12.7. The summed E-state index contributed by atoms with van der Waals surface area (Å²) >= 11 is 3.37. The number of likely N-dealkylation sites (tertiary alicyclic amines) is 1. The number of carbonyl (C=O) groups excluding carboxylic acids is 1. The monoisotopic (exact) mass is 454 g/mol. The van der Waals surface area contributed by atoms with Crippen molar-refractivity contribution in [1.82, 2.24) is 19.8 Å². The molecule has 150 valence electrons. The van der Waals surface area contributed by atoms with Crippen LogP contribution < -0.4 is 10.9 Å². The third-order valence-corrected chi connectivity index (χ3v) is 6.01. The highest BCUT2D eigenvalue weighted by molar-refractivity contribution is 9.10. The zero-order chi connectivity index (χ0) is 20.4. The number of hydrogen-bond donors (Lipinski definition) is 1. The average Bonchev–Trinajstić information content (AvgIpc) is 3.19. The number of rotatable bonds is 5. The first-order chi connectivity index (χ1) is 14.0. The van der Waals surface area contributed by atoms with Gasteiger partial charge in [0.15, 0.2) is 0 Å². The summed E-state index contributed by atoms with van der Waals surface area (Å²) in [5.74, 6) is -0.164. The Kier molecular flexibility index (Phi) is 5.78. The van der Waals surface area contributed by atoms with Crippen LogP contribution in [-0.2, 0) is 11.3 Å². The van der Waals surface area contributed by atoms with Crippen LogP contribution in [-0.4, -0.2) is 39.5 Å². The molecule has 6 nitrogen and oxygen atoms in total. The maximum Gasteiger partial charge on any atom is 0.261 e. The van der Waals surface area contributed by atoms with Crippen LogP contribution in [0.1, 0.15) is 24.9 Å². The number of nitrogens with one attached hydrogen (secondary N) is 1. The number of hydrogen-bond acceptors (Lipinski definition) is 4. The number of aromatic nitrogens is 2. The second-order valence-corrected chi connectivity index (χ2v) is 8.39. The van der Waals surface area contributed by atoms with Crippen molar-refractivity contribution < 1.29 is 4.79 Å². The molecule has 7 heteroatoms. The molecule has 1 saturated heterocycles. The van der Waals surface area contributed by atoms with Gasteiger partial charge in [-0.05, 0) is 37.1 Å². The molecule has 2 atom stereocenters. The van der Waals surface area contributed by atoms with Crippen LogP contribution in [0.5, 0.6) is 0 Å². The summed E-state index contributed by atoms with van der Waals surface area (Å²) in [7, 11) is 0. The molecule has 1 amide bonds. The molecule has 4 rings (SSSR count). The molecule has 0 saturated carbocycles. The predicted molar refractivity (Wildman–Crippen MR) is 117 cm³/mol. The summed E-state index contributed by atoms with van der Waals surface area (Å²) < 4.78 is 2.17. The lowest BCUT2D eigenvalue weighted by molar-refractivity contribution is -0.122. The lowest BCUT2D eigenvalue weighted by atomic mass is 10.1. The molecule has 0 radical (unpaired) electrons. The second-order valence-electron chi connectivity index (χ2n) is 7.47. The average molecular weight is 455 g/mol. The quantitative estimate of drug-likeness (QED) is 0.642. The minimum Gasteiger partial charge on any atom is -0.350 e. The van der Waals surface area contributed by atoms with E-state index in [1.165, 1.54) is 16.5 Å². The smallest absolute Gasteiger partial charge is 0.261 e. The van der Waals surface area contributed by atoms with Crippen LogP contribution in [0.3, 0.4) is 0 Å². The van der Waals surface area contributed by atoms with Crippen molar-refractivity contribution in [3.63, 3.8) is 0 Å². The van der Waals surface area contributed by atoms with Crippen LogP contribution in [0.15, 0.2) is 64.1 Å². The Morgan fingerprint density at radius 3 is 2.86 bits per heavy atom. The normalized spacial score (nSPS) is 18.1. The number of benzene rings is 2. The van der Waals surface area contributed by atoms with E-state index in [2.05, 4.69) is 62.3 Å². The van der Waals surface area contributed by atoms with Gasteiger partial charge in [0.1, 0.15) is 6.54 Å². The first-order valence-electron chi connectivity index (χ1n) is 9.74. The summed E-state index contributed by atoms with van der Waals surface area (Å²) in [4.78, 5) is 31.9. The second kappa shape index (κ2) is 8.47. The fourth-order valence-corrected chi connectivity index (χ4v) is 4.23. The molecule has 2 heterocycles. The van der Waals surface area contributed by atoms with Gasteiger partial charge < -0.3 is 5.32 Å². The first-order valence-corrected chi connectivity index (χ1v) is 10.5. The van der Waals surface area contributed by atoms with Crippen molar-refractivity contribution in [3.8, 4) is 0 Å². The van der Waals surface area contributed by atoms with Gasteiger partial charge in [0, 0.05) is 29.6 Å². The molecule has 29 heavy (non-hydrogen) atoms. The molecule has 2 aromatic carbocycles. The molecular formula is C22H23BrN4O2. The Morgan fingerprint density at radius 2 is 2.07 bits per heavy atom. The predicted octanol–water partition coefficient (Wildman–Crippen LogP) is 3.11. The van der Waals surface area contributed by atoms with E-state index in [1.54, 1.807) is 12.1 Å². The number of nitrogens with zero attached hydrogens (tertiary/aromatic N) is 3. The van der Waals surface area contributed by atoms with Gasteiger partial charge in [0.2, 0.25) is 5.91 Å². The van der Waals surface area contributed by atoms with Crippen LogP contribution in [0.4, 0.5) is 0 Å². The van der Waals surface area contributed by atoms with E-state index in [4.69, 9.17) is 0 Å². The van der Waals surface area contributed by atoms with Crippen molar-refractivity contribution >= 4 is 32.7 Å². The van der Waals surface area contributed by atoms with Gasteiger partial charge in [0.05, 0.1) is 17.2 Å². The SMILES string of the molecule is CC(c1ccccc1)N1CCC(NC(=O)Cn2cnc3ccc(Br)cc3c2=O)C1. The minimum atomic E-state index is -0.211. The fraction of sp³-hybridized carbons (Fsp3) is 0.318. The van der Waals surface area contributed by atoms with Crippen LogP contribution in [0, 0.1) is 0 Å². The first kappa shape index (κ1) is 19.8. The molecule has 0 aliphatic carbocycles. The zero-order valence-electron chi connectivity index (χ0n) is 16.2. The summed E-state index contributed by atoms with van der Waals surface area (Å²) in [5, 5.41) is 3.57. The third kappa shape index (κ3) is 4.41. The highest BCUT2D eigenvalue weighted by atomic mass is 79.9. The van der Waals surface area contributed by atoms with Crippen LogP contribution in [0.2, 0.25) is 0 Å².